The van der Waals surface area contributed by atoms with Crippen LogP contribution in [0.1, 0.15) is 6.92 Å². The Morgan fingerprint density at radius 3 is 2.78 bits per heavy atom. The van der Waals surface area contributed by atoms with Gasteiger partial charge in [-0.05, 0) is 30.8 Å². The number of fused-ring (bicyclic) bond motifs is 1. The fraction of sp³-hybridized carbons (Fsp3) is 0.333. The van der Waals surface area contributed by atoms with Crippen molar-refractivity contribution >= 4 is 11.8 Å². The van der Waals surface area contributed by atoms with E-state index in [-0.39, 0.29) is 5.82 Å². The molecular formula is C12H13FN4S. The van der Waals surface area contributed by atoms with Gasteiger partial charge in [-0.3, -0.25) is 9.47 Å². The zero-order valence-electron chi connectivity index (χ0n) is 10.0. The van der Waals surface area contributed by atoms with Crippen molar-refractivity contribution in [1.82, 2.24) is 19.7 Å². The molecule has 0 unspecified atom stereocenters. The minimum absolute atomic E-state index is 0.235. The van der Waals surface area contributed by atoms with Crippen molar-refractivity contribution in [3.63, 3.8) is 0 Å². The summed E-state index contributed by atoms with van der Waals surface area (Å²) in [6, 6.07) is 6.37. The number of nitrogens with zero attached hydrogens (tertiary/aromatic N) is 4. The molecule has 94 valence electrons. The number of aromatic nitrogens is 3. The van der Waals surface area contributed by atoms with E-state index in [1.54, 1.807) is 23.9 Å². The van der Waals surface area contributed by atoms with Gasteiger partial charge >= 0.3 is 0 Å². The Balaban J connectivity index is 1.99. The molecule has 0 saturated heterocycles. The number of thioether (sulfide) groups is 1. The van der Waals surface area contributed by atoms with Gasteiger partial charge in [0.1, 0.15) is 5.82 Å². The average Bonchev–Trinajstić information content (AvgIpc) is 2.82. The minimum atomic E-state index is -0.235. The van der Waals surface area contributed by atoms with Crippen LogP contribution in [-0.2, 0) is 6.67 Å². The Kier molecular flexibility index (Phi) is 3.05. The topological polar surface area (TPSA) is 34.0 Å². The van der Waals surface area contributed by atoms with Gasteiger partial charge in [-0.1, -0.05) is 18.7 Å². The van der Waals surface area contributed by atoms with Crippen LogP contribution < -0.4 is 0 Å². The summed E-state index contributed by atoms with van der Waals surface area (Å²) in [7, 11) is 0. The molecule has 1 aliphatic heterocycles. The highest BCUT2D eigenvalue weighted by atomic mass is 32.2. The summed E-state index contributed by atoms with van der Waals surface area (Å²) in [6.45, 7) is 3.92. The van der Waals surface area contributed by atoms with Gasteiger partial charge < -0.3 is 0 Å². The second kappa shape index (κ2) is 4.70. The number of rotatable bonds is 2. The first kappa shape index (κ1) is 11.7. The second-order valence-corrected chi connectivity index (χ2v) is 5.06. The lowest BCUT2D eigenvalue weighted by Gasteiger charge is -2.26. The zero-order chi connectivity index (χ0) is 12.5. The lowest BCUT2D eigenvalue weighted by atomic mass is 10.2. The molecule has 4 nitrogen and oxygen atoms in total. The van der Waals surface area contributed by atoms with E-state index in [9.17, 15) is 4.39 Å². The van der Waals surface area contributed by atoms with Gasteiger partial charge in [0.2, 0.25) is 0 Å². The van der Waals surface area contributed by atoms with Crippen LogP contribution in [0.4, 0.5) is 4.39 Å². The van der Waals surface area contributed by atoms with Crippen molar-refractivity contribution in [1.29, 1.82) is 0 Å². The van der Waals surface area contributed by atoms with E-state index in [4.69, 9.17) is 0 Å². The molecule has 0 amide bonds. The van der Waals surface area contributed by atoms with Crippen molar-refractivity contribution < 1.29 is 4.39 Å². The number of hydrogen-bond donors (Lipinski definition) is 0. The largest absolute Gasteiger partial charge is 0.288 e. The van der Waals surface area contributed by atoms with Crippen LogP contribution >= 0.6 is 11.8 Å². The van der Waals surface area contributed by atoms with Gasteiger partial charge in [-0.2, -0.15) is 0 Å². The minimum Gasteiger partial charge on any atom is -0.288 e. The first-order valence-corrected chi connectivity index (χ1v) is 6.81. The highest BCUT2D eigenvalue weighted by Crippen LogP contribution is 2.28. The van der Waals surface area contributed by atoms with E-state index in [1.165, 1.54) is 12.1 Å². The Morgan fingerprint density at radius 1 is 1.28 bits per heavy atom. The molecule has 0 aliphatic carbocycles. The maximum atomic E-state index is 12.9. The predicted molar refractivity (Wildman–Crippen MR) is 68.5 cm³/mol. The first-order valence-electron chi connectivity index (χ1n) is 5.82. The molecule has 0 bridgehead atoms. The van der Waals surface area contributed by atoms with Crippen LogP contribution in [-0.4, -0.2) is 32.1 Å². The SMILES string of the molecule is CCN1CSc2nnc(-c3ccc(F)cc3)n2C1. The summed E-state index contributed by atoms with van der Waals surface area (Å²) in [6.07, 6.45) is 0. The molecule has 1 aromatic heterocycles. The van der Waals surface area contributed by atoms with Crippen LogP contribution in [0.5, 0.6) is 0 Å². The summed E-state index contributed by atoms with van der Waals surface area (Å²) in [5.74, 6) is 1.51. The van der Waals surface area contributed by atoms with Crippen molar-refractivity contribution in [2.45, 2.75) is 18.7 Å². The molecule has 6 heteroatoms. The first-order chi connectivity index (χ1) is 8.78. The normalized spacial score (nSPS) is 15.7. The fourth-order valence-electron chi connectivity index (χ4n) is 1.92. The highest BCUT2D eigenvalue weighted by molar-refractivity contribution is 7.99. The van der Waals surface area contributed by atoms with Gasteiger partial charge in [0.25, 0.3) is 0 Å². The maximum absolute atomic E-state index is 12.9. The molecule has 2 aromatic rings. The summed E-state index contributed by atoms with van der Waals surface area (Å²) in [5, 5.41) is 9.32. The Bertz CT molecular complexity index is 552. The monoisotopic (exact) mass is 264 g/mol. The summed E-state index contributed by atoms with van der Waals surface area (Å²) in [5.41, 5.74) is 0.897. The smallest absolute Gasteiger partial charge is 0.193 e. The molecule has 0 saturated carbocycles. The molecular weight excluding hydrogens is 251 g/mol. The lowest BCUT2D eigenvalue weighted by molar-refractivity contribution is 0.252. The van der Waals surface area contributed by atoms with Gasteiger partial charge in [0.15, 0.2) is 11.0 Å². The molecule has 2 heterocycles. The Labute approximate surface area is 109 Å². The zero-order valence-corrected chi connectivity index (χ0v) is 10.8. The summed E-state index contributed by atoms with van der Waals surface area (Å²) < 4.78 is 15.0. The van der Waals surface area contributed by atoms with Gasteiger partial charge in [0.05, 0.1) is 12.5 Å². The highest BCUT2D eigenvalue weighted by Gasteiger charge is 2.21. The Morgan fingerprint density at radius 2 is 2.06 bits per heavy atom. The summed E-state index contributed by atoms with van der Waals surface area (Å²) in [4.78, 5) is 2.30. The fourth-order valence-corrected chi connectivity index (χ4v) is 2.88. The number of halogens is 1. The van der Waals surface area contributed by atoms with Crippen LogP contribution in [0, 0.1) is 5.82 Å². The van der Waals surface area contributed by atoms with Crippen LogP contribution in [0.15, 0.2) is 29.4 Å². The van der Waals surface area contributed by atoms with Crippen LogP contribution in [0.2, 0.25) is 0 Å². The quantitative estimate of drug-likeness (QED) is 0.834. The molecule has 18 heavy (non-hydrogen) atoms. The van der Waals surface area contributed by atoms with Crippen molar-refractivity contribution in [2.75, 3.05) is 12.4 Å². The average molecular weight is 264 g/mol. The molecule has 0 radical (unpaired) electrons. The third kappa shape index (κ3) is 2.02. The molecule has 0 spiro atoms. The Hall–Kier alpha value is -1.40. The maximum Gasteiger partial charge on any atom is 0.193 e. The van der Waals surface area contributed by atoms with E-state index in [2.05, 4.69) is 26.6 Å². The third-order valence-corrected chi connectivity index (χ3v) is 4.04. The van der Waals surface area contributed by atoms with Crippen LogP contribution in [0.25, 0.3) is 11.4 Å². The van der Waals surface area contributed by atoms with E-state index < -0.39 is 0 Å². The number of hydrogen-bond acceptors (Lipinski definition) is 4. The molecule has 0 fully saturated rings. The van der Waals surface area contributed by atoms with Gasteiger partial charge in [-0.25, -0.2) is 4.39 Å². The standard InChI is InChI=1S/C12H13FN4S/c1-2-16-7-17-11(14-15-12(17)18-8-16)9-3-5-10(13)6-4-9/h3-6H,2,7-8H2,1H3. The molecule has 1 aliphatic rings. The number of benzene rings is 1. The lowest BCUT2D eigenvalue weighted by Crippen LogP contribution is -2.30. The van der Waals surface area contributed by atoms with E-state index in [0.29, 0.717) is 0 Å². The summed E-state index contributed by atoms with van der Waals surface area (Å²) >= 11 is 1.68. The van der Waals surface area contributed by atoms with E-state index in [1.807, 2.05) is 0 Å². The van der Waals surface area contributed by atoms with Crippen molar-refractivity contribution in [3.05, 3.63) is 30.1 Å². The molecule has 0 N–H and O–H groups in total. The molecule has 3 rings (SSSR count). The third-order valence-electron chi connectivity index (χ3n) is 2.98. The van der Waals surface area contributed by atoms with Crippen molar-refractivity contribution in [3.8, 4) is 11.4 Å². The van der Waals surface area contributed by atoms with E-state index >= 15 is 0 Å². The van der Waals surface area contributed by atoms with Crippen molar-refractivity contribution in [2.24, 2.45) is 0 Å². The molecule has 0 atom stereocenters. The predicted octanol–water partition coefficient (Wildman–Crippen LogP) is 2.43. The van der Waals surface area contributed by atoms with E-state index in [0.717, 1.165) is 35.6 Å². The second-order valence-electron chi connectivity index (χ2n) is 4.14. The van der Waals surface area contributed by atoms with Crippen LogP contribution in [0.3, 0.4) is 0 Å². The molecule has 1 aromatic carbocycles. The van der Waals surface area contributed by atoms with Gasteiger partial charge in [0, 0.05) is 5.56 Å². The van der Waals surface area contributed by atoms with Gasteiger partial charge in [-0.15, -0.1) is 10.2 Å².